The lowest BCUT2D eigenvalue weighted by Gasteiger charge is -2.33. The highest BCUT2D eigenvalue weighted by molar-refractivity contribution is 7.80. The first-order chi connectivity index (χ1) is 17.1. The van der Waals surface area contributed by atoms with Crippen molar-refractivity contribution in [2.45, 2.75) is 50.9 Å². The maximum absolute atomic E-state index is 5.74. The molecule has 0 bridgehead atoms. The number of ether oxygens (including phenoxy) is 1. The molecule has 2 N–H and O–H groups in total. The highest BCUT2D eigenvalue weighted by atomic mass is 32.1. The van der Waals surface area contributed by atoms with Crippen molar-refractivity contribution in [3.05, 3.63) is 42.0 Å². The van der Waals surface area contributed by atoms with Crippen LogP contribution in [0.3, 0.4) is 0 Å². The summed E-state index contributed by atoms with van der Waals surface area (Å²) in [4.78, 5) is 14.4. The molecule has 1 aromatic heterocycles. The van der Waals surface area contributed by atoms with Crippen molar-refractivity contribution in [1.82, 2.24) is 15.3 Å². The van der Waals surface area contributed by atoms with Crippen LogP contribution in [0.2, 0.25) is 0 Å². The Kier molecular flexibility index (Phi) is 7.68. The van der Waals surface area contributed by atoms with Gasteiger partial charge in [-0.05, 0) is 49.4 Å². The second-order valence-electron chi connectivity index (χ2n) is 10.4. The van der Waals surface area contributed by atoms with E-state index >= 15 is 0 Å². The van der Waals surface area contributed by atoms with Gasteiger partial charge in [0.15, 0.2) is 5.11 Å². The molecule has 1 saturated carbocycles. The van der Waals surface area contributed by atoms with Crippen LogP contribution in [-0.4, -0.2) is 61.0 Å². The number of nitrogens with one attached hydrogen (secondary N) is 2. The lowest BCUT2D eigenvalue weighted by molar-refractivity contribution is 0.122. The third-order valence-corrected chi connectivity index (χ3v) is 8.02. The Morgan fingerprint density at radius 1 is 1.03 bits per heavy atom. The van der Waals surface area contributed by atoms with Crippen molar-refractivity contribution in [3.63, 3.8) is 0 Å². The van der Waals surface area contributed by atoms with Gasteiger partial charge in [0, 0.05) is 44.2 Å². The van der Waals surface area contributed by atoms with Gasteiger partial charge in [-0.3, -0.25) is 0 Å². The Morgan fingerprint density at radius 3 is 2.46 bits per heavy atom. The lowest BCUT2D eigenvalue weighted by atomic mass is 9.79. The predicted octanol–water partition coefficient (Wildman–Crippen LogP) is 4.35. The SMILES string of the molecule is CC1CCCN(c2cc(N3CCOCC3)nc(NC(=S)NCC3(c4ccccc4)CCCC3)n2)C1. The summed E-state index contributed by atoms with van der Waals surface area (Å²) in [6.07, 6.45) is 7.38. The van der Waals surface area contributed by atoms with Gasteiger partial charge in [-0.25, -0.2) is 0 Å². The zero-order valence-electron chi connectivity index (χ0n) is 20.8. The molecule has 3 fully saturated rings. The van der Waals surface area contributed by atoms with Gasteiger partial charge in [0.05, 0.1) is 13.2 Å². The maximum atomic E-state index is 5.74. The summed E-state index contributed by atoms with van der Waals surface area (Å²) in [6.45, 7) is 8.34. The standard InChI is InChI=1S/C27H38N6OS/c1-21-8-7-13-33(19-21)24-18-23(32-14-16-34-17-15-32)29-25(30-24)31-26(35)28-20-27(11-5-6-12-27)22-9-3-2-4-10-22/h2-4,9-10,18,21H,5-8,11-17,19-20H2,1H3,(H2,28,29,30,31,35). The Hall–Kier alpha value is -2.45. The van der Waals surface area contributed by atoms with E-state index in [4.69, 9.17) is 26.9 Å². The number of nitrogens with zero attached hydrogens (tertiary/aromatic N) is 4. The van der Waals surface area contributed by atoms with Gasteiger partial charge in [-0.2, -0.15) is 9.97 Å². The molecule has 2 aliphatic heterocycles. The van der Waals surface area contributed by atoms with Crippen molar-refractivity contribution >= 4 is 34.9 Å². The van der Waals surface area contributed by atoms with E-state index in [9.17, 15) is 0 Å². The van der Waals surface area contributed by atoms with Crippen molar-refractivity contribution in [2.75, 3.05) is 61.1 Å². The monoisotopic (exact) mass is 494 g/mol. The number of anilines is 3. The molecule has 1 aliphatic carbocycles. The van der Waals surface area contributed by atoms with Gasteiger partial charge in [-0.1, -0.05) is 50.1 Å². The van der Waals surface area contributed by atoms with Crippen molar-refractivity contribution < 1.29 is 4.74 Å². The molecular weight excluding hydrogens is 456 g/mol. The first kappa shape index (κ1) is 24.3. The fraction of sp³-hybridized carbons (Fsp3) is 0.593. The molecule has 35 heavy (non-hydrogen) atoms. The average Bonchev–Trinajstić information content (AvgIpc) is 3.39. The Labute approximate surface area is 214 Å². The Balaban J connectivity index is 1.31. The third kappa shape index (κ3) is 5.86. The van der Waals surface area contributed by atoms with Gasteiger partial charge in [0.25, 0.3) is 0 Å². The fourth-order valence-electron chi connectivity index (χ4n) is 5.80. The number of hydrogen-bond donors (Lipinski definition) is 2. The van der Waals surface area contributed by atoms with Crippen LogP contribution in [-0.2, 0) is 10.2 Å². The van der Waals surface area contributed by atoms with E-state index in [0.717, 1.165) is 57.6 Å². The summed E-state index contributed by atoms with van der Waals surface area (Å²) in [5.41, 5.74) is 1.54. The highest BCUT2D eigenvalue weighted by Gasteiger charge is 2.35. The van der Waals surface area contributed by atoms with Crippen LogP contribution < -0.4 is 20.4 Å². The van der Waals surface area contributed by atoms with Gasteiger partial charge in [0.2, 0.25) is 5.95 Å². The van der Waals surface area contributed by atoms with Gasteiger partial charge >= 0.3 is 0 Å². The minimum Gasteiger partial charge on any atom is -0.378 e. The molecule has 0 radical (unpaired) electrons. The molecule has 5 rings (SSSR count). The fourth-order valence-corrected chi connectivity index (χ4v) is 5.96. The lowest BCUT2D eigenvalue weighted by Crippen LogP contribution is -2.41. The Morgan fingerprint density at radius 2 is 1.74 bits per heavy atom. The number of morpholine rings is 1. The number of aromatic nitrogens is 2. The Bertz CT molecular complexity index is 990. The summed E-state index contributed by atoms with van der Waals surface area (Å²) in [5, 5.41) is 7.42. The molecule has 3 aliphatic rings. The quantitative estimate of drug-likeness (QED) is 0.575. The minimum absolute atomic E-state index is 0.138. The van der Waals surface area contributed by atoms with Crippen LogP contribution >= 0.6 is 12.2 Å². The van der Waals surface area contributed by atoms with Crippen LogP contribution in [0, 0.1) is 5.92 Å². The summed E-state index contributed by atoms with van der Waals surface area (Å²) < 4.78 is 5.56. The molecule has 0 spiro atoms. The summed E-state index contributed by atoms with van der Waals surface area (Å²) in [6, 6.07) is 13.0. The minimum atomic E-state index is 0.138. The molecular formula is C27H38N6OS. The van der Waals surface area contributed by atoms with E-state index in [1.807, 2.05) is 0 Å². The number of thiocarbonyl (C=S) groups is 1. The smallest absolute Gasteiger partial charge is 0.232 e. The maximum Gasteiger partial charge on any atom is 0.232 e. The molecule has 0 amide bonds. The summed E-state index contributed by atoms with van der Waals surface area (Å²) in [7, 11) is 0. The summed E-state index contributed by atoms with van der Waals surface area (Å²) >= 11 is 5.74. The number of benzene rings is 1. The molecule has 3 heterocycles. The molecule has 188 valence electrons. The molecule has 1 unspecified atom stereocenters. The van der Waals surface area contributed by atoms with Crippen LogP contribution in [0.15, 0.2) is 36.4 Å². The van der Waals surface area contributed by atoms with E-state index < -0.39 is 0 Å². The van der Waals surface area contributed by atoms with Crippen molar-refractivity contribution in [2.24, 2.45) is 5.92 Å². The van der Waals surface area contributed by atoms with Crippen LogP contribution in [0.4, 0.5) is 17.6 Å². The summed E-state index contributed by atoms with van der Waals surface area (Å²) in [5.74, 6) is 3.17. The number of piperidine rings is 1. The third-order valence-electron chi connectivity index (χ3n) is 7.77. The molecule has 2 saturated heterocycles. The zero-order chi connectivity index (χ0) is 24.1. The van der Waals surface area contributed by atoms with Crippen molar-refractivity contribution in [3.8, 4) is 0 Å². The highest BCUT2D eigenvalue weighted by Crippen LogP contribution is 2.40. The molecule has 7 nitrogen and oxygen atoms in total. The second-order valence-corrected chi connectivity index (χ2v) is 10.8. The first-order valence-electron chi connectivity index (χ1n) is 13.2. The molecule has 2 aromatic rings. The molecule has 1 atom stereocenters. The van der Waals surface area contributed by atoms with Gasteiger partial charge in [-0.15, -0.1) is 0 Å². The largest absolute Gasteiger partial charge is 0.378 e. The van der Waals surface area contributed by atoms with Gasteiger partial charge in [0.1, 0.15) is 11.6 Å². The molecule has 8 heteroatoms. The van der Waals surface area contributed by atoms with Crippen LogP contribution in [0.25, 0.3) is 0 Å². The van der Waals surface area contributed by atoms with E-state index in [-0.39, 0.29) is 5.41 Å². The zero-order valence-corrected chi connectivity index (χ0v) is 21.7. The van der Waals surface area contributed by atoms with E-state index in [0.29, 0.717) is 17.0 Å². The van der Waals surface area contributed by atoms with E-state index in [1.54, 1.807) is 0 Å². The average molecular weight is 495 g/mol. The van der Waals surface area contributed by atoms with E-state index in [1.165, 1.54) is 44.1 Å². The normalized spacial score (nSPS) is 22.1. The van der Waals surface area contributed by atoms with Crippen LogP contribution in [0.1, 0.15) is 51.0 Å². The molecule has 1 aromatic carbocycles. The predicted molar refractivity (Wildman–Crippen MR) is 146 cm³/mol. The number of hydrogen-bond acceptors (Lipinski definition) is 6. The first-order valence-corrected chi connectivity index (χ1v) is 13.6. The van der Waals surface area contributed by atoms with Gasteiger partial charge < -0.3 is 25.2 Å². The second kappa shape index (κ2) is 11.1. The topological polar surface area (TPSA) is 65.6 Å². The van der Waals surface area contributed by atoms with E-state index in [2.05, 4.69) is 63.8 Å². The van der Waals surface area contributed by atoms with Crippen LogP contribution in [0.5, 0.6) is 0 Å². The number of rotatable bonds is 6. The van der Waals surface area contributed by atoms with Crippen molar-refractivity contribution in [1.29, 1.82) is 0 Å².